The van der Waals surface area contributed by atoms with Crippen molar-refractivity contribution in [2.75, 3.05) is 17.8 Å². The van der Waals surface area contributed by atoms with Crippen molar-refractivity contribution in [3.63, 3.8) is 0 Å². The topological polar surface area (TPSA) is 66.5 Å². The molecular weight excluding hydrogens is 372 g/mol. The van der Waals surface area contributed by atoms with Gasteiger partial charge in [0, 0.05) is 18.8 Å². The zero-order valence-electron chi connectivity index (χ0n) is 14.5. The standard InChI is InChI=1S/C19H21ClN2O3S/c1-14-9-11-22(12-10-14)19(23)17-13-15(7-8-18(17)20)21-26(24,25)16-5-3-2-4-6-16/h2-8,13-14,21H,9-12H2,1H3. The highest BCUT2D eigenvalue weighted by Crippen LogP contribution is 2.26. The first-order chi connectivity index (χ1) is 12.4. The van der Waals surface area contributed by atoms with E-state index >= 15 is 0 Å². The van der Waals surface area contributed by atoms with Gasteiger partial charge in [0.05, 0.1) is 15.5 Å². The smallest absolute Gasteiger partial charge is 0.261 e. The second-order valence-electron chi connectivity index (χ2n) is 6.59. The molecule has 7 heteroatoms. The minimum atomic E-state index is -3.72. The molecule has 1 saturated heterocycles. The van der Waals surface area contributed by atoms with Crippen LogP contribution < -0.4 is 4.72 Å². The molecule has 0 aromatic heterocycles. The Balaban J connectivity index is 1.83. The highest BCUT2D eigenvalue weighted by Gasteiger charge is 2.24. The summed E-state index contributed by atoms with van der Waals surface area (Å²) >= 11 is 6.20. The number of hydrogen-bond acceptors (Lipinski definition) is 3. The second-order valence-corrected chi connectivity index (χ2v) is 8.68. The number of sulfonamides is 1. The maximum Gasteiger partial charge on any atom is 0.261 e. The van der Waals surface area contributed by atoms with Gasteiger partial charge in [-0.1, -0.05) is 36.7 Å². The molecular formula is C19H21ClN2O3S. The molecule has 1 fully saturated rings. The predicted octanol–water partition coefficient (Wildman–Crippen LogP) is 4.01. The van der Waals surface area contributed by atoms with Gasteiger partial charge >= 0.3 is 0 Å². The van der Waals surface area contributed by atoms with Gasteiger partial charge in [-0.3, -0.25) is 9.52 Å². The van der Waals surface area contributed by atoms with Gasteiger partial charge in [-0.2, -0.15) is 0 Å². The summed E-state index contributed by atoms with van der Waals surface area (Å²) in [5, 5.41) is 0.316. The van der Waals surface area contributed by atoms with Crippen LogP contribution in [0.4, 0.5) is 5.69 Å². The third-order valence-electron chi connectivity index (χ3n) is 4.57. The molecule has 0 atom stereocenters. The number of benzene rings is 2. The van der Waals surface area contributed by atoms with E-state index in [1.54, 1.807) is 35.2 Å². The van der Waals surface area contributed by atoms with Crippen molar-refractivity contribution >= 4 is 33.2 Å². The quantitative estimate of drug-likeness (QED) is 0.854. The lowest BCUT2D eigenvalue weighted by atomic mass is 9.98. The van der Waals surface area contributed by atoms with Crippen LogP contribution >= 0.6 is 11.6 Å². The number of nitrogens with zero attached hydrogens (tertiary/aromatic N) is 1. The van der Waals surface area contributed by atoms with E-state index in [1.807, 2.05) is 0 Å². The average Bonchev–Trinajstić information content (AvgIpc) is 2.64. The molecule has 0 bridgehead atoms. The molecule has 138 valence electrons. The van der Waals surface area contributed by atoms with Crippen LogP contribution in [0.2, 0.25) is 5.02 Å². The Bertz CT molecular complexity index is 892. The fourth-order valence-electron chi connectivity index (χ4n) is 2.95. The van der Waals surface area contributed by atoms with Crippen molar-refractivity contribution in [1.82, 2.24) is 4.90 Å². The Labute approximate surface area is 159 Å². The molecule has 26 heavy (non-hydrogen) atoms. The number of hydrogen-bond donors (Lipinski definition) is 1. The maximum absolute atomic E-state index is 12.8. The number of likely N-dealkylation sites (tertiary alicyclic amines) is 1. The van der Waals surface area contributed by atoms with Crippen LogP contribution in [0.15, 0.2) is 53.4 Å². The van der Waals surface area contributed by atoms with Crippen LogP contribution in [-0.2, 0) is 10.0 Å². The van der Waals surface area contributed by atoms with Crippen LogP contribution in [0.1, 0.15) is 30.1 Å². The molecule has 0 aliphatic carbocycles. The van der Waals surface area contributed by atoms with Gasteiger partial charge in [-0.25, -0.2) is 8.42 Å². The molecule has 1 heterocycles. The summed E-state index contributed by atoms with van der Waals surface area (Å²) in [4.78, 5) is 14.7. The summed E-state index contributed by atoms with van der Waals surface area (Å²) in [5.41, 5.74) is 0.626. The molecule has 2 aromatic rings. The van der Waals surface area contributed by atoms with Crippen LogP contribution in [0, 0.1) is 5.92 Å². The molecule has 5 nitrogen and oxygen atoms in total. The zero-order valence-corrected chi connectivity index (χ0v) is 16.1. The summed E-state index contributed by atoms with van der Waals surface area (Å²) in [5.74, 6) is 0.446. The minimum Gasteiger partial charge on any atom is -0.339 e. The average molecular weight is 393 g/mol. The molecule has 0 unspecified atom stereocenters. The van der Waals surface area contributed by atoms with Crippen molar-refractivity contribution in [2.24, 2.45) is 5.92 Å². The van der Waals surface area contributed by atoms with Gasteiger partial charge in [-0.15, -0.1) is 0 Å². The fourth-order valence-corrected chi connectivity index (χ4v) is 4.22. The van der Waals surface area contributed by atoms with E-state index in [4.69, 9.17) is 11.6 Å². The first-order valence-electron chi connectivity index (χ1n) is 8.53. The summed E-state index contributed by atoms with van der Waals surface area (Å²) in [7, 11) is -3.72. The van der Waals surface area contributed by atoms with E-state index in [1.165, 1.54) is 18.2 Å². The van der Waals surface area contributed by atoms with Crippen LogP contribution in [0.3, 0.4) is 0 Å². The normalized spacial score (nSPS) is 15.7. The largest absolute Gasteiger partial charge is 0.339 e. The first-order valence-corrected chi connectivity index (χ1v) is 10.4. The van der Waals surface area contributed by atoms with E-state index in [2.05, 4.69) is 11.6 Å². The third kappa shape index (κ3) is 4.19. The van der Waals surface area contributed by atoms with E-state index in [9.17, 15) is 13.2 Å². The number of halogens is 1. The number of nitrogens with one attached hydrogen (secondary N) is 1. The number of amides is 1. The predicted molar refractivity (Wildman–Crippen MR) is 103 cm³/mol. The van der Waals surface area contributed by atoms with Gasteiger partial charge < -0.3 is 4.90 Å². The number of rotatable bonds is 4. The van der Waals surface area contributed by atoms with Gasteiger partial charge in [0.1, 0.15) is 0 Å². The zero-order chi connectivity index (χ0) is 18.7. The maximum atomic E-state index is 12.8. The summed E-state index contributed by atoms with van der Waals surface area (Å²) < 4.78 is 27.4. The molecule has 1 aliphatic heterocycles. The van der Waals surface area contributed by atoms with Gasteiger partial charge in [-0.05, 0) is 49.1 Å². The van der Waals surface area contributed by atoms with Gasteiger partial charge in [0.25, 0.3) is 15.9 Å². The van der Waals surface area contributed by atoms with Gasteiger partial charge in [0.2, 0.25) is 0 Å². The number of carbonyl (C=O) groups excluding carboxylic acids is 1. The highest BCUT2D eigenvalue weighted by molar-refractivity contribution is 7.92. The Morgan fingerprint density at radius 1 is 1.12 bits per heavy atom. The van der Waals surface area contributed by atoms with Crippen molar-refractivity contribution in [3.8, 4) is 0 Å². The fraction of sp³-hybridized carbons (Fsp3) is 0.316. The lowest BCUT2D eigenvalue weighted by molar-refractivity contribution is 0.0697. The Hall–Kier alpha value is -2.05. The number of carbonyl (C=O) groups is 1. The molecule has 3 rings (SSSR count). The molecule has 2 aromatic carbocycles. The van der Waals surface area contributed by atoms with Gasteiger partial charge in [0.15, 0.2) is 0 Å². The Kier molecular flexibility index (Phi) is 5.53. The molecule has 0 radical (unpaired) electrons. The minimum absolute atomic E-state index is 0.160. The van der Waals surface area contributed by atoms with E-state index in [-0.39, 0.29) is 10.8 Å². The summed E-state index contributed by atoms with van der Waals surface area (Å²) in [6, 6.07) is 12.7. The molecule has 1 amide bonds. The van der Waals surface area contributed by atoms with E-state index in [0.717, 1.165) is 12.8 Å². The van der Waals surface area contributed by atoms with Crippen LogP contribution in [-0.4, -0.2) is 32.3 Å². The Morgan fingerprint density at radius 2 is 1.77 bits per heavy atom. The SMILES string of the molecule is CC1CCN(C(=O)c2cc(NS(=O)(=O)c3ccccc3)ccc2Cl)CC1. The molecule has 1 aliphatic rings. The number of piperidine rings is 1. The molecule has 1 N–H and O–H groups in total. The van der Waals surface area contributed by atoms with E-state index in [0.29, 0.717) is 35.3 Å². The Morgan fingerprint density at radius 3 is 2.42 bits per heavy atom. The van der Waals surface area contributed by atoms with Crippen molar-refractivity contribution in [2.45, 2.75) is 24.7 Å². The second kappa shape index (κ2) is 7.68. The summed E-state index contributed by atoms with van der Waals surface area (Å²) in [6.45, 7) is 3.56. The lowest BCUT2D eigenvalue weighted by Gasteiger charge is -2.30. The van der Waals surface area contributed by atoms with Crippen molar-refractivity contribution < 1.29 is 13.2 Å². The lowest BCUT2D eigenvalue weighted by Crippen LogP contribution is -2.38. The monoisotopic (exact) mass is 392 g/mol. The van der Waals surface area contributed by atoms with Crippen LogP contribution in [0.5, 0.6) is 0 Å². The molecule has 0 spiro atoms. The number of anilines is 1. The molecule has 0 saturated carbocycles. The van der Waals surface area contributed by atoms with Crippen molar-refractivity contribution in [3.05, 3.63) is 59.1 Å². The van der Waals surface area contributed by atoms with Crippen LogP contribution in [0.25, 0.3) is 0 Å². The van der Waals surface area contributed by atoms with E-state index < -0.39 is 10.0 Å². The third-order valence-corrected chi connectivity index (χ3v) is 6.30. The highest BCUT2D eigenvalue weighted by atomic mass is 35.5. The van der Waals surface area contributed by atoms with Crippen molar-refractivity contribution in [1.29, 1.82) is 0 Å². The summed E-state index contributed by atoms with van der Waals surface area (Å²) in [6.07, 6.45) is 1.92. The first kappa shape index (κ1) is 18.7.